The molecule has 5 aliphatic rings. The molecule has 0 aromatic heterocycles. The highest BCUT2D eigenvalue weighted by Crippen LogP contribution is 2.76. The maximum atomic E-state index is 14.5. The standard InChI is InChI=1S/C31H46NO6P/c1-26(2)10-12-31(18-38-39(35,36)37)13-11-30(7)24(20(31)16-26)21(33)14-23-28(5)15-19(17-32)25(34)27(3,4)22(28)8-9-29(23,30)6/h15,20,22-24H,8-14,16,18H2,1-7H3,(H2,35,36,37)/t20-,22-,23+,24-,28-,29+,30+,31+/m0/s1. The lowest BCUT2D eigenvalue weighted by molar-refractivity contribution is -0.225. The predicted molar refractivity (Wildman–Crippen MR) is 147 cm³/mol. The number of hydrogen-bond donors (Lipinski definition) is 2. The number of ketones is 2. The Kier molecular flexibility index (Phi) is 6.44. The summed E-state index contributed by atoms with van der Waals surface area (Å²) in [5.74, 6) is 0.0325. The van der Waals surface area contributed by atoms with Crippen LogP contribution in [0.5, 0.6) is 0 Å². The molecule has 0 aromatic rings. The van der Waals surface area contributed by atoms with Gasteiger partial charge in [-0.2, -0.15) is 5.26 Å². The summed E-state index contributed by atoms with van der Waals surface area (Å²) in [5.41, 5.74) is -1.73. The van der Waals surface area contributed by atoms with Crippen LogP contribution in [-0.4, -0.2) is 28.0 Å². The Balaban J connectivity index is 1.60. The van der Waals surface area contributed by atoms with Crippen LogP contribution in [-0.2, 0) is 18.7 Å². The van der Waals surface area contributed by atoms with Gasteiger partial charge in [0.2, 0.25) is 0 Å². The van der Waals surface area contributed by atoms with E-state index in [9.17, 15) is 29.2 Å². The molecule has 0 amide bonds. The van der Waals surface area contributed by atoms with Gasteiger partial charge in [0, 0.05) is 17.8 Å². The summed E-state index contributed by atoms with van der Waals surface area (Å²) >= 11 is 0. The Morgan fingerprint density at radius 2 is 1.62 bits per heavy atom. The first-order chi connectivity index (χ1) is 17.8. The quantitative estimate of drug-likeness (QED) is 0.384. The van der Waals surface area contributed by atoms with Gasteiger partial charge in [-0.3, -0.25) is 14.1 Å². The van der Waals surface area contributed by atoms with Gasteiger partial charge in [-0.1, -0.05) is 54.5 Å². The monoisotopic (exact) mass is 559 g/mol. The summed E-state index contributed by atoms with van der Waals surface area (Å²) < 4.78 is 17.0. The van der Waals surface area contributed by atoms with Crippen molar-refractivity contribution in [2.75, 3.05) is 6.61 Å². The number of nitriles is 1. The van der Waals surface area contributed by atoms with E-state index in [-0.39, 0.29) is 63.7 Å². The van der Waals surface area contributed by atoms with E-state index in [1.54, 1.807) is 0 Å². The average Bonchev–Trinajstić information content (AvgIpc) is 2.81. The fraction of sp³-hybridized carbons (Fsp3) is 0.839. The van der Waals surface area contributed by atoms with Crippen molar-refractivity contribution in [2.45, 2.75) is 99.8 Å². The number of phosphoric ester groups is 1. The molecule has 4 fully saturated rings. The summed E-state index contributed by atoms with van der Waals surface area (Å²) in [6, 6.07) is 2.18. The molecule has 0 spiro atoms. The first kappa shape index (κ1) is 29.2. The van der Waals surface area contributed by atoms with Crippen LogP contribution >= 0.6 is 7.82 Å². The van der Waals surface area contributed by atoms with Gasteiger partial charge in [-0.25, -0.2) is 4.57 Å². The van der Waals surface area contributed by atoms with E-state index in [1.807, 2.05) is 19.9 Å². The summed E-state index contributed by atoms with van der Waals surface area (Å²) in [5, 5.41) is 9.89. The maximum Gasteiger partial charge on any atom is 0.469 e. The third-order valence-electron chi connectivity index (χ3n) is 13.2. The molecule has 5 rings (SSSR count). The minimum absolute atomic E-state index is 0.00283. The van der Waals surface area contributed by atoms with Crippen LogP contribution in [0.4, 0.5) is 0 Å². The summed E-state index contributed by atoms with van der Waals surface area (Å²) in [6.07, 6.45) is 8.29. The smallest absolute Gasteiger partial charge is 0.303 e. The second-order valence-electron chi connectivity index (χ2n) is 15.8. The van der Waals surface area contributed by atoms with Gasteiger partial charge in [-0.05, 0) is 89.8 Å². The molecule has 8 atom stereocenters. The molecule has 2 N–H and O–H groups in total. The zero-order chi connectivity index (χ0) is 29.0. The van der Waals surface area contributed by atoms with Crippen molar-refractivity contribution in [2.24, 2.45) is 56.2 Å². The van der Waals surface area contributed by atoms with Gasteiger partial charge in [0.15, 0.2) is 5.78 Å². The van der Waals surface area contributed by atoms with Gasteiger partial charge in [0.25, 0.3) is 0 Å². The molecule has 39 heavy (non-hydrogen) atoms. The summed E-state index contributed by atoms with van der Waals surface area (Å²) in [4.78, 5) is 46.9. The van der Waals surface area contributed by atoms with Crippen molar-refractivity contribution in [3.63, 3.8) is 0 Å². The molecular formula is C31H46NO6P. The van der Waals surface area contributed by atoms with E-state index in [0.29, 0.717) is 6.42 Å². The molecule has 0 aliphatic heterocycles. The summed E-state index contributed by atoms with van der Waals surface area (Å²) in [7, 11) is -4.64. The lowest BCUT2D eigenvalue weighted by Gasteiger charge is -2.72. The molecule has 5 aliphatic carbocycles. The number of allylic oxidation sites excluding steroid dienone is 2. The highest BCUT2D eigenvalue weighted by atomic mass is 31.2. The van der Waals surface area contributed by atoms with Crippen LogP contribution in [0.25, 0.3) is 0 Å². The number of fused-ring (bicyclic) bond motifs is 7. The van der Waals surface area contributed by atoms with Gasteiger partial charge in [0.1, 0.15) is 11.9 Å². The Labute approximate surface area is 233 Å². The van der Waals surface area contributed by atoms with Crippen molar-refractivity contribution in [3.8, 4) is 6.07 Å². The number of phosphoric acid groups is 1. The fourth-order valence-electron chi connectivity index (χ4n) is 10.9. The van der Waals surface area contributed by atoms with Crippen molar-refractivity contribution in [1.82, 2.24) is 0 Å². The molecule has 0 heterocycles. The van der Waals surface area contributed by atoms with Crippen LogP contribution in [0.15, 0.2) is 11.6 Å². The van der Waals surface area contributed by atoms with E-state index >= 15 is 0 Å². The highest BCUT2D eigenvalue weighted by Gasteiger charge is 2.72. The highest BCUT2D eigenvalue weighted by molar-refractivity contribution is 7.46. The van der Waals surface area contributed by atoms with Crippen LogP contribution in [0.1, 0.15) is 99.8 Å². The third kappa shape index (κ3) is 4.03. The number of nitrogens with zero attached hydrogens (tertiary/aromatic N) is 1. The van der Waals surface area contributed by atoms with Gasteiger partial charge >= 0.3 is 7.82 Å². The first-order valence-corrected chi connectivity index (χ1v) is 16.2. The van der Waals surface area contributed by atoms with E-state index in [0.717, 1.165) is 44.9 Å². The molecule has 7 nitrogen and oxygen atoms in total. The zero-order valence-electron chi connectivity index (χ0n) is 24.7. The molecule has 0 unspecified atom stereocenters. The molecule has 216 valence electrons. The van der Waals surface area contributed by atoms with Crippen molar-refractivity contribution < 1.29 is 28.5 Å². The van der Waals surface area contributed by atoms with Gasteiger partial charge < -0.3 is 9.79 Å². The van der Waals surface area contributed by atoms with E-state index in [1.165, 1.54) is 0 Å². The number of Topliss-reactive ketones (excluding diaryl/α,β-unsaturated/α-hetero) is 2. The first-order valence-electron chi connectivity index (χ1n) is 14.7. The van der Waals surface area contributed by atoms with Crippen LogP contribution in [0.3, 0.4) is 0 Å². The van der Waals surface area contributed by atoms with Gasteiger partial charge in [0.05, 0.1) is 12.2 Å². The Morgan fingerprint density at radius 3 is 2.23 bits per heavy atom. The molecular weight excluding hydrogens is 513 g/mol. The molecule has 8 heteroatoms. The number of rotatable bonds is 3. The van der Waals surface area contributed by atoms with Crippen LogP contribution in [0.2, 0.25) is 0 Å². The van der Waals surface area contributed by atoms with E-state index in [2.05, 4.69) is 40.7 Å². The van der Waals surface area contributed by atoms with Crippen LogP contribution in [0, 0.1) is 67.5 Å². The Bertz CT molecular complexity index is 1230. The molecule has 4 saturated carbocycles. The van der Waals surface area contributed by atoms with Crippen molar-refractivity contribution in [3.05, 3.63) is 11.6 Å². The van der Waals surface area contributed by atoms with Crippen molar-refractivity contribution >= 4 is 19.4 Å². The van der Waals surface area contributed by atoms with Crippen molar-refractivity contribution in [1.29, 1.82) is 5.26 Å². The largest absolute Gasteiger partial charge is 0.469 e. The number of carbonyl (C=O) groups is 2. The van der Waals surface area contributed by atoms with Crippen LogP contribution < -0.4 is 0 Å². The Morgan fingerprint density at radius 1 is 0.974 bits per heavy atom. The average molecular weight is 560 g/mol. The topological polar surface area (TPSA) is 125 Å². The molecule has 0 aromatic carbocycles. The van der Waals surface area contributed by atoms with Gasteiger partial charge in [-0.15, -0.1) is 0 Å². The summed E-state index contributed by atoms with van der Waals surface area (Å²) in [6.45, 7) is 15.3. The third-order valence-corrected chi connectivity index (χ3v) is 13.6. The molecule has 0 radical (unpaired) electrons. The van der Waals surface area contributed by atoms with E-state index in [4.69, 9.17) is 4.52 Å². The minimum Gasteiger partial charge on any atom is -0.303 e. The second kappa shape index (κ2) is 8.60. The SMILES string of the molecule is CC1(C)CC[C@]2(COP(=O)(O)O)CC[C@]3(C)[C@H](C(=O)C[C@@H]4[C@@]5(C)C=C(C#N)C(=O)C(C)(C)[C@@H]5CC[C@]43C)[C@@H]2C1. The Hall–Kier alpha value is -1.32. The zero-order valence-corrected chi connectivity index (χ0v) is 25.6. The molecule has 0 bridgehead atoms. The normalized spacial score (nSPS) is 46.6. The predicted octanol–water partition coefficient (Wildman–Crippen LogP) is 6.40. The lowest BCUT2D eigenvalue weighted by Crippen LogP contribution is -2.69. The minimum atomic E-state index is -4.64. The number of hydrogen-bond acceptors (Lipinski definition) is 5. The molecule has 0 saturated heterocycles. The fourth-order valence-corrected chi connectivity index (χ4v) is 11.3. The lowest BCUT2D eigenvalue weighted by atomic mass is 9.31. The van der Waals surface area contributed by atoms with E-state index < -0.39 is 24.1 Å². The second-order valence-corrected chi connectivity index (χ2v) is 17.1. The maximum absolute atomic E-state index is 14.5. The number of carbonyl (C=O) groups excluding carboxylic acids is 2.